The van der Waals surface area contributed by atoms with Gasteiger partial charge in [-0.05, 0) is 52.9 Å². The molecule has 0 fully saturated rings. The van der Waals surface area contributed by atoms with E-state index >= 15 is 0 Å². The minimum absolute atomic E-state index is 0.00333. The molecule has 0 aromatic heterocycles. The average molecular weight is 423 g/mol. The average Bonchev–Trinajstić information content (AvgIpc) is 2.78. The Balaban J connectivity index is 2.24. The minimum atomic E-state index is -0.658. The molecule has 0 radical (unpaired) electrons. The van der Waals surface area contributed by atoms with Gasteiger partial charge in [0.2, 0.25) is 5.91 Å². The molecule has 1 aliphatic heterocycles. The molecule has 6 heteroatoms. The van der Waals surface area contributed by atoms with Crippen LogP contribution in [0.1, 0.15) is 18.1 Å². The largest absolute Gasteiger partial charge is 0.506 e. The zero-order chi connectivity index (χ0) is 16.7. The summed E-state index contributed by atoms with van der Waals surface area (Å²) in [6.45, 7) is 1.22. The predicted octanol–water partition coefficient (Wildman–Crippen LogP) is 3.75. The summed E-state index contributed by atoms with van der Waals surface area (Å²) < 4.78 is 14.5. The fourth-order valence-electron chi connectivity index (χ4n) is 2.53. The lowest BCUT2D eigenvalue weighted by molar-refractivity contribution is -0.122. The molecule has 0 atom stereocenters. The summed E-state index contributed by atoms with van der Waals surface area (Å²) in [5, 5.41) is 10.5. The van der Waals surface area contributed by atoms with E-state index in [1.54, 1.807) is 24.3 Å². The highest BCUT2D eigenvalue weighted by atomic mass is 127. The molecule has 0 saturated heterocycles. The van der Waals surface area contributed by atoms with E-state index in [0.717, 1.165) is 14.5 Å². The van der Waals surface area contributed by atoms with Crippen molar-refractivity contribution in [1.29, 1.82) is 0 Å². The highest BCUT2D eigenvalue weighted by molar-refractivity contribution is 14.1. The Bertz CT molecular complexity index is 859. The van der Waals surface area contributed by atoms with Gasteiger partial charge in [0.05, 0.1) is 11.3 Å². The molecule has 0 spiro atoms. The van der Waals surface area contributed by atoms with Crippen LogP contribution in [0.5, 0.6) is 0 Å². The van der Waals surface area contributed by atoms with Gasteiger partial charge in [0.15, 0.2) is 0 Å². The summed E-state index contributed by atoms with van der Waals surface area (Å²) in [4.78, 5) is 25.2. The Morgan fingerprint density at radius 1 is 1.17 bits per heavy atom. The maximum atomic E-state index is 13.5. The first kappa shape index (κ1) is 15.7. The number of halogens is 2. The number of hydrogen-bond acceptors (Lipinski definition) is 3. The summed E-state index contributed by atoms with van der Waals surface area (Å²) in [6, 6.07) is 10.6. The number of fused-ring (bicyclic) bond motifs is 1. The molecule has 2 aromatic carbocycles. The lowest BCUT2D eigenvalue weighted by atomic mass is 10.0. The summed E-state index contributed by atoms with van der Waals surface area (Å²) in [5.41, 5.74) is 0.933. The molecule has 1 aliphatic rings. The van der Waals surface area contributed by atoms with Crippen molar-refractivity contribution in [2.24, 2.45) is 0 Å². The van der Waals surface area contributed by atoms with Crippen LogP contribution in [-0.4, -0.2) is 16.9 Å². The topological polar surface area (TPSA) is 57.6 Å². The van der Waals surface area contributed by atoms with Crippen LogP contribution < -0.4 is 4.90 Å². The van der Waals surface area contributed by atoms with Crippen LogP contribution in [-0.2, 0) is 9.59 Å². The number of nitrogens with zero attached hydrogens (tertiary/aromatic N) is 1. The van der Waals surface area contributed by atoms with E-state index in [4.69, 9.17) is 0 Å². The molecule has 4 nitrogen and oxygen atoms in total. The van der Waals surface area contributed by atoms with Gasteiger partial charge < -0.3 is 5.11 Å². The zero-order valence-corrected chi connectivity index (χ0v) is 14.2. The molecule has 2 amide bonds. The molecule has 0 bridgehead atoms. The fourth-order valence-corrected chi connectivity index (χ4v) is 2.89. The second-order valence-electron chi connectivity index (χ2n) is 5.05. The molecule has 23 heavy (non-hydrogen) atoms. The number of amides is 2. The molecule has 0 unspecified atom stereocenters. The van der Waals surface area contributed by atoms with Crippen LogP contribution >= 0.6 is 22.6 Å². The van der Waals surface area contributed by atoms with Crippen LogP contribution in [0, 0.1) is 9.39 Å². The van der Waals surface area contributed by atoms with Crippen molar-refractivity contribution in [3.05, 3.63) is 63.0 Å². The molecule has 3 rings (SSSR count). The number of rotatable bonds is 1. The lowest BCUT2D eigenvalue weighted by Gasteiger charge is -2.11. The third kappa shape index (κ3) is 2.63. The molecule has 116 valence electrons. The van der Waals surface area contributed by atoms with Gasteiger partial charge >= 0.3 is 0 Å². The second-order valence-corrected chi connectivity index (χ2v) is 6.30. The van der Waals surface area contributed by atoms with Gasteiger partial charge in [0.1, 0.15) is 11.6 Å². The van der Waals surface area contributed by atoms with E-state index in [0.29, 0.717) is 11.1 Å². The van der Waals surface area contributed by atoms with Crippen molar-refractivity contribution in [3.8, 4) is 0 Å². The number of aliphatic hydroxyl groups is 1. The van der Waals surface area contributed by atoms with Crippen molar-refractivity contribution < 1.29 is 19.1 Å². The van der Waals surface area contributed by atoms with Gasteiger partial charge in [-0.3, -0.25) is 9.59 Å². The standard InChI is InChI=1S/C17H11FINO3/c1-9(21)20-14-8-11(18)4-7-13(14)15(17(20)23)16(22)10-2-5-12(19)6-3-10/h2-8,22H,1H3/b16-15+. The fraction of sp³-hybridized carbons (Fsp3) is 0.0588. The van der Waals surface area contributed by atoms with Crippen molar-refractivity contribution in [3.63, 3.8) is 0 Å². The van der Waals surface area contributed by atoms with Gasteiger partial charge in [0, 0.05) is 21.6 Å². The summed E-state index contributed by atoms with van der Waals surface area (Å²) in [5.74, 6) is -1.98. The van der Waals surface area contributed by atoms with Crippen LogP contribution in [0.25, 0.3) is 11.3 Å². The Kier molecular flexibility index (Phi) is 3.93. The van der Waals surface area contributed by atoms with Gasteiger partial charge in [0.25, 0.3) is 5.91 Å². The minimum Gasteiger partial charge on any atom is -0.506 e. The molecular formula is C17H11FINO3. The van der Waals surface area contributed by atoms with Gasteiger partial charge in [-0.2, -0.15) is 0 Å². The number of carbonyl (C=O) groups is 2. The Morgan fingerprint density at radius 2 is 1.83 bits per heavy atom. The van der Waals surface area contributed by atoms with Crippen molar-refractivity contribution in [2.45, 2.75) is 6.92 Å². The number of aliphatic hydroxyl groups excluding tert-OH is 1. The highest BCUT2D eigenvalue weighted by Crippen LogP contribution is 2.40. The van der Waals surface area contributed by atoms with E-state index in [2.05, 4.69) is 22.6 Å². The SMILES string of the molecule is CC(=O)N1C(=O)/C(=C(/O)c2ccc(I)cc2)c2ccc(F)cc21. The maximum absolute atomic E-state index is 13.5. The van der Waals surface area contributed by atoms with Crippen molar-refractivity contribution >= 4 is 51.4 Å². The molecule has 2 aromatic rings. The molecular weight excluding hydrogens is 412 g/mol. The smallest absolute Gasteiger partial charge is 0.269 e. The number of benzene rings is 2. The number of carbonyl (C=O) groups excluding carboxylic acids is 2. The van der Waals surface area contributed by atoms with Crippen LogP contribution in [0.15, 0.2) is 42.5 Å². The number of hydrogen-bond donors (Lipinski definition) is 1. The Morgan fingerprint density at radius 3 is 2.43 bits per heavy atom. The first-order chi connectivity index (χ1) is 10.9. The van der Waals surface area contributed by atoms with E-state index in [1.165, 1.54) is 19.1 Å². The normalized spacial score (nSPS) is 15.6. The van der Waals surface area contributed by atoms with E-state index < -0.39 is 17.6 Å². The van der Waals surface area contributed by atoms with Gasteiger partial charge in [-0.15, -0.1) is 0 Å². The highest BCUT2D eigenvalue weighted by Gasteiger charge is 2.37. The van der Waals surface area contributed by atoms with Crippen LogP contribution in [0.3, 0.4) is 0 Å². The van der Waals surface area contributed by atoms with Crippen LogP contribution in [0.4, 0.5) is 10.1 Å². The predicted molar refractivity (Wildman–Crippen MR) is 93.2 cm³/mol. The lowest BCUT2D eigenvalue weighted by Crippen LogP contribution is -2.31. The van der Waals surface area contributed by atoms with E-state index in [9.17, 15) is 19.1 Å². The first-order valence-electron chi connectivity index (χ1n) is 6.74. The summed E-state index contributed by atoms with van der Waals surface area (Å²) in [7, 11) is 0. The first-order valence-corrected chi connectivity index (χ1v) is 7.82. The van der Waals surface area contributed by atoms with Gasteiger partial charge in [-0.25, -0.2) is 9.29 Å². The molecule has 1 N–H and O–H groups in total. The van der Waals surface area contributed by atoms with Crippen molar-refractivity contribution in [2.75, 3.05) is 4.90 Å². The number of anilines is 1. The number of imide groups is 1. The third-order valence-corrected chi connectivity index (χ3v) is 4.28. The van der Waals surface area contributed by atoms with Gasteiger partial charge in [-0.1, -0.05) is 12.1 Å². The molecule has 0 saturated carbocycles. The Labute approximate surface area is 145 Å². The van der Waals surface area contributed by atoms with E-state index in [1.807, 2.05) is 0 Å². The maximum Gasteiger partial charge on any atom is 0.269 e. The second kappa shape index (κ2) is 5.77. The Hall–Kier alpha value is -2.22. The summed E-state index contributed by atoms with van der Waals surface area (Å²) >= 11 is 2.13. The summed E-state index contributed by atoms with van der Waals surface area (Å²) in [6.07, 6.45) is 0. The monoisotopic (exact) mass is 423 g/mol. The molecule has 1 heterocycles. The van der Waals surface area contributed by atoms with Crippen molar-refractivity contribution in [1.82, 2.24) is 0 Å². The quantitative estimate of drug-likeness (QED) is 0.432. The third-order valence-electron chi connectivity index (χ3n) is 3.56. The van der Waals surface area contributed by atoms with E-state index in [-0.39, 0.29) is 17.0 Å². The zero-order valence-electron chi connectivity index (χ0n) is 12.0. The van der Waals surface area contributed by atoms with Crippen LogP contribution in [0.2, 0.25) is 0 Å². The molecule has 0 aliphatic carbocycles.